The van der Waals surface area contributed by atoms with E-state index >= 15 is 0 Å². The summed E-state index contributed by atoms with van der Waals surface area (Å²) in [5.41, 5.74) is 0. The van der Waals surface area contributed by atoms with E-state index in [4.69, 9.17) is 0 Å². The molecule has 0 radical (unpaired) electrons. The number of likely N-dealkylation sites (tertiary alicyclic amines) is 1. The SMILES string of the molecule is CC(O)CN(C)C(=O)C1CCCN(C(=O)C(C)C)C1. The second kappa shape index (κ2) is 6.89. The lowest BCUT2D eigenvalue weighted by molar-refractivity contribution is -0.142. The van der Waals surface area contributed by atoms with E-state index in [9.17, 15) is 14.7 Å². The Hall–Kier alpha value is -1.10. The Kier molecular flexibility index (Phi) is 5.79. The number of amides is 2. The van der Waals surface area contributed by atoms with Gasteiger partial charge in [0.1, 0.15) is 0 Å². The number of aliphatic hydroxyl groups is 1. The van der Waals surface area contributed by atoms with Gasteiger partial charge in [-0.3, -0.25) is 9.59 Å². The van der Waals surface area contributed by atoms with E-state index < -0.39 is 6.10 Å². The predicted octanol–water partition coefficient (Wildman–Crippen LogP) is 0.720. The van der Waals surface area contributed by atoms with E-state index in [2.05, 4.69) is 0 Å². The molecule has 2 amide bonds. The van der Waals surface area contributed by atoms with Gasteiger partial charge in [-0.2, -0.15) is 0 Å². The van der Waals surface area contributed by atoms with Gasteiger partial charge in [-0.05, 0) is 19.8 Å². The fraction of sp³-hybridized carbons (Fsp3) is 0.857. The maximum Gasteiger partial charge on any atom is 0.227 e. The first-order valence-electron chi connectivity index (χ1n) is 7.04. The number of carbonyl (C=O) groups is 2. The molecular weight excluding hydrogens is 244 g/mol. The second-order valence-corrected chi connectivity index (χ2v) is 5.85. The van der Waals surface area contributed by atoms with E-state index in [1.165, 1.54) is 0 Å². The summed E-state index contributed by atoms with van der Waals surface area (Å²) in [5, 5.41) is 9.32. The quantitative estimate of drug-likeness (QED) is 0.819. The Morgan fingerprint density at radius 2 is 2.00 bits per heavy atom. The summed E-state index contributed by atoms with van der Waals surface area (Å²) in [6, 6.07) is 0. The third-order valence-corrected chi connectivity index (χ3v) is 3.49. The monoisotopic (exact) mass is 270 g/mol. The normalized spacial score (nSPS) is 21.4. The molecule has 1 aliphatic rings. The van der Waals surface area contributed by atoms with Crippen LogP contribution in [0.1, 0.15) is 33.6 Å². The summed E-state index contributed by atoms with van der Waals surface area (Å²) >= 11 is 0. The first-order valence-corrected chi connectivity index (χ1v) is 7.04. The molecule has 1 saturated heterocycles. The summed E-state index contributed by atoms with van der Waals surface area (Å²) in [4.78, 5) is 27.6. The highest BCUT2D eigenvalue weighted by Crippen LogP contribution is 2.20. The zero-order chi connectivity index (χ0) is 14.6. The van der Waals surface area contributed by atoms with Crippen molar-refractivity contribution in [1.82, 2.24) is 9.80 Å². The van der Waals surface area contributed by atoms with Crippen LogP contribution >= 0.6 is 0 Å². The van der Waals surface area contributed by atoms with E-state index in [-0.39, 0.29) is 23.7 Å². The summed E-state index contributed by atoms with van der Waals surface area (Å²) in [6.45, 7) is 7.04. The number of hydrogen-bond donors (Lipinski definition) is 1. The Labute approximate surface area is 115 Å². The van der Waals surface area contributed by atoms with Crippen molar-refractivity contribution in [1.29, 1.82) is 0 Å². The fourth-order valence-electron chi connectivity index (χ4n) is 2.54. The van der Waals surface area contributed by atoms with Gasteiger partial charge in [0.25, 0.3) is 0 Å². The van der Waals surface area contributed by atoms with Crippen molar-refractivity contribution in [2.75, 3.05) is 26.7 Å². The van der Waals surface area contributed by atoms with Crippen LogP contribution in [0.25, 0.3) is 0 Å². The number of rotatable bonds is 4. The summed E-state index contributed by atoms with van der Waals surface area (Å²) in [7, 11) is 1.71. The first-order chi connectivity index (χ1) is 8.82. The minimum absolute atomic E-state index is 0.0240. The van der Waals surface area contributed by atoms with Crippen LogP contribution in [0, 0.1) is 11.8 Å². The predicted molar refractivity (Wildman–Crippen MR) is 73.5 cm³/mol. The average molecular weight is 270 g/mol. The average Bonchev–Trinajstić information content (AvgIpc) is 2.36. The second-order valence-electron chi connectivity index (χ2n) is 5.85. The standard InChI is InChI=1S/C14H26N2O3/c1-10(2)13(18)16-7-5-6-12(9-16)14(19)15(4)8-11(3)17/h10-12,17H,5-9H2,1-4H3. The molecule has 1 aliphatic heterocycles. The molecule has 1 heterocycles. The van der Waals surface area contributed by atoms with E-state index in [1.54, 1.807) is 23.8 Å². The van der Waals surface area contributed by atoms with Crippen molar-refractivity contribution in [3.05, 3.63) is 0 Å². The van der Waals surface area contributed by atoms with Crippen LogP contribution in [0.5, 0.6) is 0 Å². The van der Waals surface area contributed by atoms with Gasteiger partial charge in [0.15, 0.2) is 0 Å². The highest BCUT2D eigenvalue weighted by molar-refractivity contribution is 5.82. The molecule has 5 nitrogen and oxygen atoms in total. The lowest BCUT2D eigenvalue weighted by atomic mass is 9.95. The van der Waals surface area contributed by atoms with Crippen molar-refractivity contribution in [2.24, 2.45) is 11.8 Å². The van der Waals surface area contributed by atoms with Gasteiger partial charge >= 0.3 is 0 Å². The topological polar surface area (TPSA) is 60.9 Å². The van der Waals surface area contributed by atoms with Crippen molar-refractivity contribution >= 4 is 11.8 Å². The number of carbonyl (C=O) groups excluding carboxylic acids is 2. The molecule has 1 fully saturated rings. The highest BCUT2D eigenvalue weighted by Gasteiger charge is 2.30. The summed E-state index contributed by atoms with van der Waals surface area (Å²) in [5.74, 6) is 0.00193. The molecule has 0 bridgehead atoms. The van der Waals surface area contributed by atoms with Crippen LogP contribution < -0.4 is 0 Å². The molecule has 0 aliphatic carbocycles. The molecule has 19 heavy (non-hydrogen) atoms. The molecule has 0 aromatic carbocycles. The zero-order valence-electron chi connectivity index (χ0n) is 12.4. The molecule has 1 N–H and O–H groups in total. The smallest absolute Gasteiger partial charge is 0.227 e. The number of nitrogens with zero attached hydrogens (tertiary/aromatic N) is 2. The molecule has 2 atom stereocenters. The Balaban J connectivity index is 2.59. The van der Waals surface area contributed by atoms with Crippen LogP contribution in [0.15, 0.2) is 0 Å². The van der Waals surface area contributed by atoms with Crippen LogP contribution in [0.4, 0.5) is 0 Å². The number of likely N-dealkylation sites (N-methyl/N-ethyl adjacent to an activating group) is 1. The number of piperidine rings is 1. The Morgan fingerprint density at radius 3 is 2.53 bits per heavy atom. The molecule has 0 spiro atoms. The number of aliphatic hydroxyl groups excluding tert-OH is 1. The highest BCUT2D eigenvalue weighted by atomic mass is 16.3. The van der Waals surface area contributed by atoms with Gasteiger partial charge in [0.2, 0.25) is 11.8 Å². The lowest BCUT2D eigenvalue weighted by Crippen LogP contribution is -2.47. The molecule has 110 valence electrons. The summed E-state index contributed by atoms with van der Waals surface area (Å²) in [6.07, 6.45) is 1.17. The van der Waals surface area contributed by atoms with Gasteiger partial charge in [0.05, 0.1) is 12.0 Å². The molecule has 5 heteroatoms. The van der Waals surface area contributed by atoms with E-state index in [1.807, 2.05) is 13.8 Å². The third-order valence-electron chi connectivity index (χ3n) is 3.49. The molecule has 0 aromatic rings. The largest absolute Gasteiger partial charge is 0.392 e. The van der Waals surface area contributed by atoms with Crippen LogP contribution in [0.3, 0.4) is 0 Å². The fourth-order valence-corrected chi connectivity index (χ4v) is 2.54. The molecule has 1 rings (SSSR count). The van der Waals surface area contributed by atoms with Crippen LogP contribution in [-0.2, 0) is 9.59 Å². The van der Waals surface area contributed by atoms with Crippen molar-refractivity contribution in [3.63, 3.8) is 0 Å². The molecule has 0 aromatic heterocycles. The van der Waals surface area contributed by atoms with Crippen LogP contribution in [0.2, 0.25) is 0 Å². The zero-order valence-corrected chi connectivity index (χ0v) is 12.4. The van der Waals surface area contributed by atoms with Gasteiger partial charge in [0, 0.05) is 32.6 Å². The van der Waals surface area contributed by atoms with E-state index in [0.29, 0.717) is 13.1 Å². The minimum atomic E-state index is -0.522. The minimum Gasteiger partial charge on any atom is -0.392 e. The van der Waals surface area contributed by atoms with Gasteiger partial charge in [-0.25, -0.2) is 0 Å². The Bertz CT molecular complexity index is 329. The van der Waals surface area contributed by atoms with Crippen LogP contribution in [-0.4, -0.2) is 59.5 Å². The van der Waals surface area contributed by atoms with Gasteiger partial charge in [-0.1, -0.05) is 13.8 Å². The van der Waals surface area contributed by atoms with Crippen molar-refractivity contribution in [2.45, 2.75) is 39.7 Å². The van der Waals surface area contributed by atoms with E-state index in [0.717, 1.165) is 19.4 Å². The van der Waals surface area contributed by atoms with Crippen molar-refractivity contribution < 1.29 is 14.7 Å². The lowest BCUT2D eigenvalue weighted by Gasteiger charge is -2.35. The maximum absolute atomic E-state index is 12.2. The molecule has 2 unspecified atom stereocenters. The van der Waals surface area contributed by atoms with Gasteiger partial charge in [-0.15, -0.1) is 0 Å². The molecule has 0 saturated carbocycles. The number of hydrogen-bond acceptors (Lipinski definition) is 3. The maximum atomic E-state index is 12.2. The molecular formula is C14H26N2O3. The van der Waals surface area contributed by atoms with Crippen molar-refractivity contribution in [3.8, 4) is 0 Å². The Morgan fingerprint density at radius 1 is 1.37 bits per heavy atom. The first kappa shape index (κ1) is 16.0. The third kappa shape index (κ3) is 4.49. The summed E-state index contributed by atoms with van der Waals surface area (Å²) < 4.78 is 0. The van der Waals surface area contributed by atoms with Gasteiger partial charge < -0.3 is 14.9 Å².